The second kappa shape index (κ2) is 6.62. The van der Waals surface area contributed by atoms with Crippen molar-refractivity contribution in [2.45, 2.75) is 19.4 Å². The molecule has 24 heavy (non-hydrogen) atoms. The Morgan fingerprint density at radius 1 is 0.958 bits per heavy atom. The van der Waals surface area contributed by atoms with E-state index in [1.54, 1.807) is 0 Å². The predicted octanol–water partition coefficient (Wildman–Crippen LogP) is 3.69. The highest BCUT2D eigenvalue weighted by molar-refractivity contribution is 5.56. The first-order chi connectivity index (χ1) is 11.8. The Hall–Kier alpha value is -2.39. The van der Waals surface area contributed by atoms with Gasteiger partial charge >= 0.3 is 0 Å². The number of imidazole rings is 1. The smallest absolute Gasteiger partial charge is 0.140 e. The Kier molecular flexibility index (Phi) is 4.18. The van der Waals surface area contributed by atoms with Crippen LogP contribution < -0.4 is 0 Å². The molecule has 0 fully saturated rings. The summed E-state index contributed by atoms with van der Waals surface area (Å²) < 4.78 is 2.28. The first-order valence-electron chi connectivity index (χ1n) is 8.67. The average molecular weight is 317 g/mol. The summed E-state index contributed by atoms with van der Waals surface area (Å²) in [5.41, 5.74) is 5.25. The number of hydrogen-bond donors (Lipinski definition) is 0. The monoisotopic (exact) mass is 317 g/mol. The van der Waals surface area contributed by atoms with Crippen LogP contribution in [0.2, 0.25) is 0 Å². The highest BCUT2D eigenvalue weighted by Crippen LogP contribution is 2.25. The van der Waals surface area contributed by atoms with Crippen molar-refractivity contribution in [3.63, 3.8) is 0 Å². The van der Waals surface area contributed by atoms with Gasteiger partial charge in [-0.2, -0.15) is 0 Å². The Morgan fingerprint density at radius 2 is 1.67 bits per heavy atom. The van der Waals surface area contributed by atoms with E-state index in [1.165, 1.54) is 22.5 Å². The topological polar surface area (TPSA) is 21.1 Å². The lowest BCUT2D eigenvalue weighted by Gasteiger charge is -2.27. The minimum Gasteiger partial charge on any atom is -0.330 e. The van der Waals surface area contributed by atoms with Gasteiger partial charge in [-0.25, -0.2) is 4.98 Å². The van der Waals surface area contributed by atoms with Gasteiger partial charge in [0.05, 0.1) is 11.4 Å². The van der Waals surface area contributed by atoms with Crippen molar-refractivity contribution in [1.29, 1.82) is 0 Å². The van der Waals surface area contributed by atoms with Crippen molar-refractivity contribution < 1.29 is 0 Å². The maximum Gasteiger partial charge on any atom is 0.140 e. The molecule has 2 aromatic carbocycles. The standard InChI is InChI=1S/C21H23N3/c1-23-20-16-24(14-12-17-8-4-2-5-9-17)15-13-19(20)22-21(23)18-10-6-3-7-11-18/h2-11H,12-16H2,1H3. The molecule has 1 aromatic heterocycles. The van der Waals surface area contributed by atoms with Gasteiger partial charge in [-0.3, -0.25) is 4.90 Å². The van der Waals surface area contributed by atoms with Crippen LogP contribution in [0.1, 0.15) is 17.0 Å². The first-order valence-corrected chi connectivity index (χ1v) is 8.67. The van der Waals surface area contributed by atoms with Crippen LogP contribution in [-0.2, 0) is 26.4 Å². The maximum absolute atomic E-state index is 4.91. The van der Waals surface area contributed by atoms with Crippen LogP contribution >= 0.6 is 0 Å². The summed E-state index contributed by atoms with van der Waals surface area (Å²) in [5.74, 6) is 1.09. The third-order valence-electron chi connectivity index (χ3n) is 4.93. The maximum atomic E-state index is 4.91. The van der Waals surface area contributed by atoms with Crippen molar-refractivity contribution in [2.24, 2.45) is 7.05 Å². The molecule has 1 aliphatic heterocycles. The molecule has 3 aromatic rings. The van der Waals surface area contributed by atoms with Crippen LogP contribution in [0.4, 0.5) is 0 Å². The Morgan fingerprint density at radius 3 is 2.42 bits per heavy atom. The summed E-state index contributed by atoms with van der Waals surface area (Å²) in [6.07, 6.45) is 2.16. The highest BCUT2D eigenvalue weighted by atomic mass is 15.2. The van der Waals surface area contributed by atoms with E-state index in [-0.39, 0.29) is 0 Å². The number of fused-ring (bicyclic) bond motifs is 1. The molecule has 0 bridgehead atoms. The third kappa shape index (κ3) is 3.00. The SMILES string of the molecule is Cn1c(-c2ccccc2)nc2c1CN(CCc1ccccc1)CC2. The van der Waals surface area contributed by atoms with Gasteiger partial charge < -0.3 is 4.57 Å². The molecular weight excluding hydrogens is 294 g/mol. The molecule has 0 saturated heterocycles. The lowest BCUT2D eigenvalue weighted by atomic mass is 10.1. The van der Waals surface area contributed by atoms with E-state index in [2.05, 4.69) is 77.2 Å². The summed E-state index contributed by atoms with van der Waals surface area (Å²) in [5, 5.41) is 0. The van der Waals surface area contributed by atoms with E-state index in [1.807, 2.05) is 0 Å². The highest BCUT2D eigenvalue weighted by Gasteiger charge is 2.22. The van der Waals surface area contributed by atoms with E-state index < -0.39 is 0 Å². The van der Waals surface area contributed by atoms with Gasteiger partial charge in [-0.05, 0) is 12.0 Å². The van der Waals surface area contributed by atoms with E-state index in [0.29, 0.717) is 0 Å². The Labute approximate surface area is 143 Å². The molecule has 3 nitrogen and oxygen atoms in total. The molecule has 0 unspecified atom stereocenters. The van der Waals surface area contributed by atoms with Crippen molar-refractivity contribution in [3.8, 4) is 11.4 Å². The largest absolute Gasteiger partial charge is 0.330 e. The summed E-state index contributed by atoms with van der Waals surface area (Å²) in [7, 11) is 2.15. The predicted molar refractivity (Wildman–Crippen MR) is 97.8 cm³/mol. The van der Waals surface area contributed by atoms with Crippen LogP contribution in [-0.4, -0.2) is 27.5 Å². The zero-order chi connectivity index (χ0) is 16.4. The Bertz CT molecular complexity index is 806. The number of hydrogen-bond acceptors (Lipinski definition) is 2. The summed E-state index contributed by atoms with van der Waals surface area (Å²) in [6, 6.07) is 21.2. The molecule has 122 valence electrons. The first kappa shape index (κ1) is 15.2. The third-order valence-corrected chi connectivity index (χ3v) is 4.93. The molecule has 0 N–H and O–H groups in total. The summed E-state index contributed by atoms with van der Waals surface area (Å²) in [6.45, 7) is 3.21. The molecule has 0 amide bonds. The molecule has 2 heterocycles. The van der Waals surface area contributed by atoms with Crippen LogP contribution in [0.5, 0.6) is 0 Å². The van der Waals surface area contributed by atoms with Crippen LogP contribution in [0.25, 0.3) is 11.4 Å². The Balaban J connectivity index is 1.50. The zero-order valence-corrected chi connectivity index (χ0v) is 14.2. The lowest BCUT2D eigenvalue weighted by Crippen LogP contribution is -2.33. The van der Waals surface area contributed by atoms with E-state index >= 15 is 0 Å². The lowest BCUT2D eigenvalue weighted by molar-refractivity contribution is 0.250. The molecule has 0 saturated carbocycles. The fourth-order valence-electron chi connectivity index (χ4n) is 3.51. The van der Waals surface area contributed by atoms with Crippen LogP contribution in [0, 0.1) is 0 Å². The number of aromatic nitrogens is 2. The summed E-state index contributed by atoms with van der Waals surface area (Å²) >= 11 is 0. The minimum atomic E-state index is 0.999. The van der Waals surface area contributed by atoms with Gasteiger partial charge in [0.25, 0.3) is 0 Å². The minimum absolute atomic E-state index is 0.999. The molecule has 0 radical (unpaired) electrons. The molecular formula is C21H23N3. The second-order valence-corrected chi connectivity index (χ2v) is 6.52. The number of nitrogens with zero attached hydrogens (tertiary/aromatic N) is 3. The van der Waals surface area contributed by atoms with Gasteiger partial charge in [0.15, 0.2) is 0 Å². The molecule has 0 spiro atoms. The van der Waals surface area contributed by atoms with Crippen molar-refractivity contribution in [3.05, 3.63) is 77.6 Å². The molecule has 0 aliphatic carbocycles. The van der Waals surface area contributed by atoms with E-state index in [0.717, 1.165) is 38.3 Å². The fraction of sp³-hybridized carbons (Fsp3) is 0.286. The van der Waals surface area contributed by atoms with Gasteiger partial charge in [0.2, 0.25) is 0 Å². The number of benzene rings is 2. The summed E-state index contributed by atoms with van der Waals surface area (Å²) in [4.78, 5) is 7.46. The van der Waals surface area contributed by atoms with E-state index in [9.17, 15) is 0 Å². The van der Waals surface area contributed by atoms with Gasteiger partial charge in [0, 0.05) is 38.7 Å². The van der Waals surface area contributed by atoms with Gasteiger partial charge in [0.1, 0.15) is 5.82 Å². The van der Waals surface area contributed by atoms with Crippen molar-refractivity contribution in [1.82, 2.24) is 14.5 Å². The van der Waals surface area contributed by atoms with Crippen LogP contribution in [0.3, 0.4) is 0 Å². The molecule has 4 rings (SSSR count). The molecule has 1 aliphatic rings. The number of rotatable bonds is 4. The van der Waals surface area contributed by atoms with E-state index in [4.69, 9.17) is 4.98 Å². The normalized spacial score (nSPS) is 14.5. The quantitative estimate of drug-likeness (QED) is 0.732. The second-order valence-electron chi connectivity index (χ2n) is 6.52. The zero-order valence-electron chi connectivity index (χ0n) is 14.2. The fourth-order valence-corrected chi connectivity index (χ4v) is 3.51. The average Bonchev–Trinajstić information content (AvgIpc) is 2.98. The van der Waals surface area contributed by atoms with Crippen LogP contribution in [0.15, 0.2) is 60.7 Å². The van der Waals surface area contributed by atoms with Gasteiger partial charge in [-0.1, -0.05) is 60.7 Å². The molecule has 3 heteroatoms. The molecule has 0 atom stereocenters. The van der Waals surface area contributed by atoms with Gasteiger partial charge in [-0.15, -0.1) is 0 Å². The van der Waals surface area contributed by atoms with Crippen molar-refractivity contribution >= 4 is 0 Å². The van der Waals surface area contributed by atoms with Crippen molar-refractivity contribution in [2.75, 3.05) is 13.1 Å².